The Morgan fingerprint density at radius 2 is 1.80 bits per heavy atom. The van der Waals surface area contributed by atoms with Gasteiger partial charge in [-0.1, -0.05) is 36.4 Å². The maximum atomic E-state index is 12.2. The molecule has 2 N–H and O–H groups in total. The van der Waals surface area contributed by atoms with Gasteiger partial charge in [-0.05, 0) is 50.4 Å². The molecule has 1 aromatic heterocycles. The molecule has 0 unspecified atom stereocenters. The van der Waals surface area contributed by atoms with Crippen LogP contribution in [0.25, 0.3) is 6.08 Å². The van der Waals surface area contributed by atoms with Crippen molar-refractivity contribution in [1.29, 1.82) is 0 Å². The van der Waals surface area contributed by atoms with Crippen LogP contribution in [0.5, 0.6) is 0 Å². The van der Waals surface area contributed by atoms with Crippen LogP contribution in [0.3, 0.4) is 0 Å². The van der Waals surface area contributed by atoms with Gasteiger partial charge in [-0.2, -0.15) is 0 Å². The minimum Gasteiger partial charge on any atom is -0.445 e. The highest BCUT2D eigenvalue weighted by molar-refractivity contribution is 6.56. The summed E-state index contributed by atoms with van der Waals surface area (Å²) in [6.45, 7) is 8.16. The van der Waals surface area contributed by atoms with Crippen LogP contribution in [0.1, 0.15) is 38.8 Å². The smallest absolute Gasteiger partial charge is 0.445 e. The summed E-state index contributed by atoms with van der Waals surface area (Å²) < 4.78 is 17.5. The van der Waals surface area contributed by atoms with Gasteiger partial charge in [0.1, 0.15) is 6.61 Å². The van der Waals surface area contributed by atoms with Crippen molar-refractivity contribution in [1.82, 2.24) is 10.3 Å². The van der Waals surface area contributed by atoms with Gasteiger partial charge in [0, 0.05) is 18.8 Å². The highest BCUT2D eigenvalue weighted by Gasteiger charge is 2.52. The van der Waals surface area contributed by atoms with Crippen molar-refractivity contribution >= 4 is 19.3 Å². The lowest BCUT2D eigenvalue weighted by Gasteiger charge is -2.32. The Kier molecular flexibility index (Phi) is 6.48. The van der Waals surface area contributed by atoms with Gasteiger partial charge in [-0.3, -0.25) is 4.79 Å². The molecule has 0 atom stereocenters. The molecule has 3 rings (SSSR count). The Balaban J connectivity index is 1.72. The monoisotopic (exact) mass is 410 g/mol. The number of nitrogens with one attached hydrogen (secondary N) is 2. The lowest BCUT2D eigenvalue weighted by atomic mass is 9.77. The van der Waals surface area contributed by atoms with Crippen LogP contribution in [0, 0.1) is 0 Å². The zero-order valence-electron chi connectivity index (χ0n) is 17.7. The van der Waals surface area contributed by atoms with Crippen molar-refractivity contribution in [2.24, 2.45) is 0 Å². The number of amides is 1. The highest BCUT2D eigenvalue weighted by atomic mass is 16.7. The van der Waals surface area contributed by atoms with E-state index in [1.807, 2.05) is 58.0 Å². The quantitative estimate of drug-likeness (QED) is 0.714. The first-order valence-corrected chi connectivity index (χ1v) is 9.86. The zero-order valence-corrected chi connectivity index (χ0v) is 17.7. The van der Waals surface area contributed by atoms with E-state index in [-0.39, 0.29) is 18.7 Å². The van der Waals surface area contributed by atoms with Gasteiger partial charge >= 0.3 is 13.2 Å². The SMILES string of the molecule is CC1(C)OB(C(=Cc2cc[nH]c(=O)c2)CNC(=O)OCc2ccccc2)OC1(C)C. The molecule has 1 amide bonds. The van der Waals surface area contributed by atoms with Crippen LogP contribution < -0.4 is 10.9 Å². The molecule has 30 heavy (non-hydrogen) atoms. The number of aromatic nitrogens is 1. The number of carbonyl (C=O) groups excluding carboxylic acids is 1. The number of ether oxygens (including phenoxy) is 1. The number of hydrogen-bond acceptors (Lipinski definition) is 5. The fourth-order valence-corrected chi connectivity index (χ4v) is 2.91. The summed E-state index contributed by atoms with van der Waals surface area (Å²) >= 11 is 0. The van der Waals surface area contributed by atoms with Crippen LogP contribution in [0.2, 0.25) is 0 Å². The maximum absolute atomic E-state index is 12.2. The molecule has 1 aliphatic rings. The van der Waals surface area contributed by atoms with Gasteiger partial charge in [0.2, 0.25) is 5.56 Å². The number of alkyl carbamates (subject to hydrolysis) is 1. The van der Waals surface area contributed by atoms with Crippen LogP contribution in [-0.4, -0.2) is 35.9 Å². The Hall–Kier alpha value is -2.84. The topological polar surface area (TPSA) is 89.7 Å². The van der Waals surface area contributed by atoms with E-state index in [1.165, 1.54) is 6.07 Å². The number of H-pyrrole nitrogens is 1. The van der Waals surface area contributed by atoms with Crippen molar-refractivity contribution in [2.75, 3.05) is 6.54 Å². The third-order valence-electron chi connectivity index (χ3n) is 5.36. The van der Waals surface area contributed by atoms with Gasteiger partial charge in [0.05, 0.1) is 11.2 Å². The molecular weight excluding hydrogens is 383 g/mol. The molecule has 7 nitrogen and oxygen atoms in total. The van der Waals surface area contributed by atoms with E-state index in [1.54, 1.807) is 18.3 Å². The predicted octanol–water partition coefficient (Wildman–Crippen LogP) is 3.32. The Labute approximate surface area is 176 Å². The van der Waals surface area contributed by atoms with Crippen molar-refractivity contribution in [3.63, 3.8) is 0 Å². The Bertz CT molecular complexity index is 953. The van der Waals surface area contributed by atoms with E-state index in [4.69, 9.17) is 14.0 Å². The molecule has 1 fully saturated rings. The second-order valence-corrected chi connectivity index (χ2v) is 8.21. The summed E-state index contributed by atoms with van der Waals surface area (Å²) in [7, 11) is -0.663. The molecule has 1 aliphatic heterocycles. The minimum absolute atomic E-state index is 0.150. The Morgan fingerprint density at radius 1 is 1.13 bits per heavy atom. The van der Waals surface area contributed by atoms with E-state index in [2.05, 4.69) is 10.3 Å². The molecule has 1 aromatic carbocycles. The predicted molar refractivity (Wildman–Crippen MR) is 116 cm³/mol. The van der Waals surface area contributed by atoms with Gasteiger partial charge in [-0.25, -0.2) is 4.79 Å². The maximum Gasteiger partial charge on any atom is 0.492 e. The molecule has 8 heteroatoms. The van der Waals surface area contributed by atoms with Crippen molar-refractivity contribution in [2.45, 2.75) is 45.5 Å². The van der Waals surface area contributed by atoms with E-state index in [0.717, 1.165) is 5.56 Å². The van der Waals surface area contributed by atoms with E-state index in [9.17, 15) is 9.59 Å². The number of hydrogen-bond donors (Lipinski definition) is 2. The summed E-state index contributed by atoms with van der Waals surface area (Å²) in [4.78, 5) is 26.4. The van der Waals surface area contributed by atoms with Crippen LogP contribution in [0.15, 0.2) is 58.9 Å². The largest absolute Gasteiger partial charge is 0.492 e. The molecule has 0 saturated carbocycles. The first kappa shape index (κ1) is 21.9. The molecule has 158 valence electrons. The third kappa shape index (κ3) is 5.40. The normalized spacial score (nSPS) is 17.6. The fraction of sp³-hybridized carbons (Fsp3) is 0.364. The summed E-state index contributed by atoms with van der Waals surface area (Å²) in [5.41, 5.74) is 0.987. The van der Waals surface area contributed by atoms with E-state index < -0.39 is 24.4 Å². The third-order valence-corrected chi connectivity index (χ3v) is 5.36. The number of aromatic amines is 1. The highest BCUT2D eigenvalue weighted by Crippen LogP contribution is 2.38. The molecule has 0 bridgehead atoms. The lowest BCUT2D eigenvalue weighted by Crippen LogP contribution is -2.41. The second kappa shape index (κ2) is 8.89. The van der Waals surface area contributed by atoms with E-state index >= 15 is 0 Å². The molecular formula is C22H27BN2O5. The number of pyridine rings is 1. The fourth-order valence-electron chi connectivity index (χ4n) is 2.91. The average Bonchev–Trinajstić information content (AvgIpc) is 2.91. The summed E-state index contributed by atoms with van der Waals surface area (Å²) in [6.07, 6.45) is 2.80. The lowest BCUT2D eigenvalue weighted by molar-refractivity contribution is 0.00578. The summed E-state index contributed by atoms with van der Waals surface area (Å²) in [6, 6.07) is 12.7. The van der Waals surface area contributed by atoms with Gasteiger partial charge in [-0.15, -0.1) is 0 Å². The van der Waals surface area contributed by atoms with Crippen molar-refractivity contribution in [3.8, 4) is 0 Å². The molecule has 2 heterocycles. The van der Waals surface area contributed by atoms with Crippen molar-refractivity contribution in [3.05, 3.63) is 75.6 Å². The zero-order chi connectivity index (χ0) is 21.8. The number of carbonyl (C=O) groups is 1. The molecule has 0 aliphatic carbocycles. The van der Waals surface area contributed by atoms with Crippen LogP contribution in [0.4, 0.5) is 4.79 Å². The second-order valence-electron chi connectivity index (χ2n) is 8.21. The first-order chi connectivity index (χ1) is 14.2. The van der Waals surface area contributed by atoms with Gasteiger partial charge in [0.25, 0.3) is 0 Å². The minimum atomic E-state index is -0.663. The molecule has 2 aromatic rings. The standard InChI is InChI=1S/C22H27BN2O5/c1-21(2)22(3,4)30-23(29-21)18(12-17-10-11-24-19(26)13-17)14-25-20(27)28-15-16-8-6-5-7-9-16/h5-13H,14-15H2,1-4H3,(H,24,26)(H,25,27). The summed E-state index contributed by atoms with van der Waals surface area (Å²) in [5.74, 6) is 0. The Morgan fingerprint density at radius 3 is 2.43 bits per heavy atom. The molecule has 0 radical (unpaired) electrons. The van der Waals surface area contributed by atoms with Gasteiger partial charge in [0.15, 0.2) is 0 Å². The van der Waals surface area contributed by atoms with Crippen molar-refractivity contribution < 1.29 is 18.8 Å². The summed E-state index contributed by atoms with van der Waals surface area (Å²) in [5, 5.41) is 2.74. The number of benzene rings is 1. The molecule has 0 spiro atoms. The van der Waals surface area contributed by atoms with Gasteiger partial charge < -0.3 is 24.3 Å². The molecule has 1 saturated heterocycles. The van der Waals surface area contributed by atoms with Crippen LogP contribution in [-0.2, 0) is 20.7 Å². The first-order valence-electron chi connectivity index (χ1n) is 9.86. The van der Waals surface area contributed by atoms with E-state index in [0.29, 0.717) is 11.0 Å². The average molecular weight is 410 g/mol. The number of rotatable bonds is 6. The van der Waals surface area contributed by atoms with Crippen LogP contribution >= 0.6 is 0 Å².